The van der Waals surface area contributed by atoms with Gasteiger partial charge in [0.2, 0.25) is 0 Å². The number of phenolic OH excluding ortho intramolecular Hbond substituents is 1. The summed E-state index contributed by atoms with van der Waals surface area (Å²) in [6.07, 6.45) is -0.557. The zero-order valence-electron chi connectivity index (χ0n) is 17.1. The first-order valence-corrected chi connectivity index (χ1v) is 9.47. The lowest BCUT2D eigenvalue weighted by molar-refractivity contribution is 0.00463. The van der Waals surface area contributed by atoms with Crippen LogP contribution in [-0.2, 0) is 15.6 Å². The van der Waals surface area contributed by atoms with Gasteiger partial charge in [-0.25, -0.2) is 0 Å². The highest BCUT2D eigenvalue weighted by Gasteiger charge is 2.27. The van der Waals surface area contributed by atoms with E-state index in [2.05, 4.69) is 46.4 Å². The van der Waals surface area contributed by atoms with E-state index >= 15 is 0 Å². The Bertz CT molecular complexity index is 560. The van der Waals surface area contributed by atoms with Crippen molar-refractivity contribution in [2.75, 3.05) is 39.5 Å². The van der Waals surface area contributed by atoms with Gasteiger partial charge in [-0.3, -0.25) is 4.90 Å². The molecule has 0 spiro atoms. The first-order chi connectivity index (χ1) is 12.0. The molecule has 0 aromatic heterocycles. The average Bonchev–Trinajstić information content (AvgIpc) is 2.52. The van der Waals surface area contributed by atoms with Crippen LogP contribution in [0.1, 0.15) is 52.7 Å². The van der Waals surface area contributed by atoms with Crippen LogP contribution in [0.15, 0.2) is 12.1 Å². The summed E-state index contributed by atoms with van der Waals surface area (Å²) < 4.78 is 11.3. The fourth-order valence-corrected chi connectivity index (χ4v) is 3.16. The number of aliphatic hydroxyl groups is 1. The van der Waals surface area contributed by atoms with E-state index in [1.54, 1.807) is 0 Å². The van der Waals surface area contributed by atoms with Gasteiger partial charge in [-0.2, -0.15) is 0 Å². The quantitative estimate of drug-likeness (QED) is 0.840. The van der Waals surface area contributed by atoms with Crippen LogP contribution in [0.25, 0.3) is 0 Å². The van der Waals surface area contributed by atoms with Gasteiger partial charge in [0, 0.05) is 30.8 Å². The molecule has 2 N–H and O–H groups in total. The molecule has 1 aliphatic heterocycles. The number of β-amino-alcohol motifs (C(OH)–C–C–N with tert-alkyl or cyclic N) is 1. The maximum Gasteiger partial charge on any atom is 0.123 e. The third-order valence-electron chi connectivity index (χ3n) is 4.71. The number of hydrogen-bond acceptors (Lipinski definition) is 5. The SMILES string of the molecule is CC(C)(C)c1cc(OC[C@H](O)CN2CCOCC2)cc(C(C)(C)C)c1O. The molecule has 148 valence electrons. The number of nitrogens with zero attached hydrogens (tertiary/aromatic N) is 1. The topological polar surface area (TPSA) is 62.2 Å². The maximum atomic E-state index is 10.8. The molecule has 1 aromatic rings. The highest BCUT2D eigenvalue weighted by molar-refractivity contribution is 5.51. The second kappa shape index (κ2) is 8.15. The van der Waals surface area contributed by atoms with E-state index in [1.165, 1.54) is 0 Å². The molecule has 0 amide bonds. The van der Waals surface area contributed by atoms with Crippen molar-refractivity contribution < 1.29 is 19.7 Å². The molecule has 5 nitrogen and oxygen atoms in total. The second-order valence-electron chi connectivity index (χ2n) is 9.24. The van der Waals surface area contributed by atoms with Gasteiger partial charge in [-0.05, 0) is 23.0 Å². The molecule has 1 fully saturated rings. The lowest BCUT2D eigenvalue weighted by atomic mass is 9.79. The van der Waals surface area contributed by atoms with Crippen LogP contribution in [0, 0.1) is 0 Å². The predicted octanol–water partition coefficient (Wildman–Crippen LogP) is 3.06. The Balaban J connectivity index is 2.12. The van der Waals surface area contributed by atoms with E-state index in [4.69, 9.17) is 9.47 Å². The molecule has 1 aromatic carbocycles. The Morgan fingerprint density at radius 1 is 1.04 bits per heavy atom. The van der Waals surface area contributed by atoms with Gasteiger partial charge in [0.1, 0.15) is 24.2 Å². The van der Waals surface area contributed by atoms with Crippen LogP contribution in [0.4, 0.5) is 0 Å². The standard InChI is InChI=1S/C21H35NO4/c1-20(2,3)17-11-16(12-18(19(17)24)21(4,5)6)26-14-15(23)13-22-7-9-25-10-8-22/h11-12,15,23-24H,7-10,13-14H2,1-6H3/t15-/m1/s1. The van der Waals surface area contributed by atoms with Crippen molar-refractivity contribution in [3.05, 3.63) is 23.3 Å². The fourth-order valence-electron chi connectivity index (χ4n) is 3.16. The zero-order chi connectivity index (χ0) is 19.5. The van der Waals surface area contributed by atoms with E-state index < -0.39 is 6.10 Å². The number of hydrogen-bond donors (Lipinski definition) is 2. The van der Waals surface area contributed by atoms with Crippen molar-refractivity contribution in [3.8, 4) is 11.5 Å². The van der Waals surface area contributed by atoms with E-state index in [-0.39, 0.29) is 17.4 Å². The van der Waals surface area contributed by atoms with E-state index in [1.807, 2.05) is 12.1 Å². The summed E-state index contributed by atoms with van der Waals surface area (Å²) >= 11 is 0. The minimum absolute atomic E-state index is 0.199. The molecule has 0 saturated carbocycles. The summed E-state index contributed by atoms with van der Waals surface area (Å²) in [7, 11) is 0. The predicted molar refractivity (Wildman–Crippen MR) is 104 cm³/mol. The van der Waals surface area contributed by atoms with E-state index in [9.17, 15) is 10.2 Å². The molecular formula is C21H35NO4. The highest BCUT2D eigenvalue weighted by atomic mass is 16.5. The molecule has 0 bridgehead atoms. The lowest BCUT2D eigenvalue weighted by Crippen LogP contribution is -2.42. The number of benzene rings is 1. The fraction of sp³-hybridized carbons (Fsp3) is 0.714. The van der Waals surface area contributed by atoms with Crippen molar-refractivity contribution in [1.82, 2.24) is 4.90 Å². The van der Waals surface area contributed by atoms with E-state index in [0.717, 1.165) is 37.4 Å². The van der Waals surface area contributed by atoms with Gasteiger partial charge in [-0.1, -0.05) is 41.5 Å². The smallest absolute Gasteiger partial charge is 0.123 e. The summed E-state index contributed by atoms with van der Waals surface area (Å²) in [5, 5.41) is 21.1. The molecule has 2 rings (SSSR count). The number of rotatable bonds is 5. The zero-order valence-corrected chi connectivity index (χ0v) is 17.1. The third kappa shape index (κ3) is 5.60. The number of ether oxygens (including phenoxy) is 2. The van der Waals surface area contributed by atoms with Crippen LogP contribution >= 0.6 is 0 Å². The van der Waals surface area contributed by atoms with Gasteiger partial charge in [0.05, 0.1) is 13.2 Å². The number of morpholine rings is 1. The Hall–Kier alpha value is -1.30. The van der Waals surface area contributed by atoms with Crippen molar-refractivity contribution >= 4 is 0 Å². The molecule has 1 atom stereocenters. The molecule has 26 heavy (non-hydrogen) atoms. The summed E-state index contributed by atoms with van der Waals surface area (Å²) in [5.41, 5.74) is 1.33. The molecule has 5 heteroatoms. The van der Waals surface area contributed by atoms with Gasteiger partial charge in [0.25, 0.3) is 0 Å². The lowest BCUT2D eigenvalue weighted by Gasteiger charge is -2.29. The van der Waals surface area contributed by atoms with Gasteiger partial charge in [0.15, 0.2) is 0 Å². The Morgan fingerprint density at radius 2 is 1.54 bits per heavy atom. The van der Waals surface area contributed by atoms with Gasteiger partial charge in [-0.15, -0.1) is 0 Å². The summed E-state index contributed by atoms with van der Waals surface area (Å²) in [4.78, 5) is 2.19. The van der Waals surface area contributed by atoms with Crippen molar-refractivity contribution in [2.24, 2.45) is 0 Å². The maximum absolute atomic E-state index is 10.8. The van der Waals surface area contributed by atoms with Crippen molar-refractivity contribution in [1.29, 1.82) is 0 Å². The monoisotopic (exact) mass is 365 g/mol. The first-order valence-electron chi connectivity index (χ1n) is 9.47. The van der Waals surface area contributed by atoms with Crippen molar-refractivity contribution in [2.45, 2.75) is 58.5 Å². The summed E-state index contributed by atoms with van der Waals surface area (Å²) in [5.74, 6) is 1.03. The number of aromatic hydroxyl groups is 1. The Kier molecular flexibility index (Phi) is 6.59. The normalized spacial score (nSPS) is 18.0. The second-order valence-corrected chi connectivity index (χ2v) is 9.24. The minimum Gasteiger partial charge on any atom is -0.507 e. The summed E-state index contributed by atoms with van der Waals surface area (Å²) in [6, 6.07) is 3.79. The molecule has 1 heterocycles. The van der Waals surface area contributed by atoms with Crippen LogP contribution in [-0.4, -0.2) is 60.7 Å². The number of phenols is 1. The van der Waals surface area contributed by atoms with Crippen molar-refractivity contribution in [3.63, 3.8) is 0 Å². The minimum atomic E-state index is -0.557. The van der Waals surface area contributed by atoms with Gasteiger partial charge >= 0.3 is 0 Å². The van der Waals surface area contributed by atoms with Crippen LogP contribution < -0.4 is 4.74 Å². The largest absolute Gasteiger partial charge is 0.507 e. The molecule has 0 radical (unpaired) electrons. The van der Waals surface area contributed by atoms with Crippen LogP contribution in [0.5, 0.6) is 11.5 Å². The number of aliphatic hydroxyl groups excluding tert-OH is 1. The van der Waals surface area contributed by atoms with Crippen LogP contribution in [0.2, 0.25) is 0 Å². The molecule has 0 aliphatic carbocycles. The van der Waals surface area contributed by atoms with Gasteiger partial charge < -0.3 is 19.7 Å². The first kappa shape index (κ1) is 21.0. The highest BCUT2D eigenvalue weighted by Crippen LogP contribution is 2.41. The average molecular weight is 366 g/mol. The summed E-state index contributed by atoms with van der Waals surface area (Å²) in [6.45, 7) is 16.4. The molecule has 1 saturated heterocycles. The Morgan fingerprint density at radius 3 is 2.00 bits per heavy atom. The van der Waals surface area contributed by atoms with Crippen LogP contribution in [0.3, 0.4) is 0 Å². The molecule has 0 unspecified atom stereocenters. The Labute approximate surface area is 157 Å². The third-order valence-corrected chi connectivity index (χ3v) is 4.71. The van der Waals surface area contributed by atoms with E-state index in [0.29, 0.717) is 18.0 Å². The molecular weight excluding hydrogens is 330 g/mol. The molecule has 1 aliphatic rings.